The Hall–Kier alpha value is -3.44. The van der Waals surface area contributed by atoms with E-state index in [1.807, 2.05) is 4.90 Å². The number of thiophene rings is 1. The van der Waals surface area contributed by atoms with E-state index in [0.717, 1.165) is 48.6 Å². The highest BCUT2D eigenvalue weighted by Crippen LogP contribution is 2.57. The molecule has 6 heterocycles. The maximum Gasteiger partial charge on any atom is 0.161 e. The van der Waals surface area contributed by atoms with Crippen LogP contribution in [0.1, 0.15) is 60.6 Å². The van der Waals surface area contributed by atoms with Gasteiger partial charge < -0.3 is 10.6 Å². The van der Waals surface area contributed by atoms with Gasteiger partial charge in [0.05, 0.1) is 28.1 Å². The minimum absolute atomic E-state index is 0.0180. The molecule has 2 N–H and O–H groups in total. The Morgan fingerprint density at radius 3 is 2.74 bits per heavy atom. The fraction of sp³-hybridized carbons (Fsp3) is 0.346. The Labute approximate surface area is 200 Å². The molecule has 1 fully saturated rings. The second kappa shape index (κ2) is 7.03. The molecule has 5 aliphatic heterocycles. The summed E-state index contributed by atoms with van der Waals surface area (Å²) in [5.74, 6) is 0.105. The van der Waals surface area contributed by atoms with E-state index in [4.69, 9.17) is 10.7 Å². The van der Waals surface area contributed by atoms with E-state index >= 15 is 4.39 Å². The van der Waals surface area contributed by atoms with Gasteiger partial charge in [-0.1, -0.05) is 29.5 Å². The standard InChI is InChI=1S/C26H22FN5OS/c27-16-5-2-1-4-14(16)20-15(12-28)24-30-23(29)22-19-13-8-10-31(11-9-13)25(19)34-26(22)32(24)17-6-3-7-18(33)21(17)20/h1-2,4-5,13,20H,3,6-11H2,(H2,29,30)/t20-/m0/s1. The first-order valence-electron chi connectivity index (χ1n) is 11.8. The number of carbonyl (C=O) groups is 1. The predicted octanol–water partition coefficient (Wildman–Crippen LogP) is 4.65. The summed E-state index contributed by atoms with van der Waals surface area (Å²) in [6, 6.07) is 8.69. The van der Waals surface area contributed by atoms with Gasteiger partial charge in [0.25, 0.3) is 0 Å². The predicted molar refractivity (Wildman–Crippen MR) is 129 cm³/mol. The molecule has 1 aromatic heterocycles. The Balaban J connectivity index is 1.53. The number of halogens is 1. The summed E-state index contributed by atoms with van der Waals surface area (Å²) >= 11 is 1.69. The highest BCUT2D eigenvalue weighted by atomic mass is 32.1. The molecule has 0 amide bonds. The first-order valence-corrected chi connectivity index (χ1v) is 12.6. The average molecular weight is 472 g/mol. The number of ketones is 1. The van der Waals surface area contributed by atoms with Crippen molar-refractivity contribution >= 4 is 33.0 Å². The first kappa shape index (κ1) is 20.0. The molecule has 8 rings (SSSR count). The molecule has 1 aliphatic carbocycles. The van der Waals surface area contributed by atoms with Crippen LogP contribution in [0, 0.1) is 17.1 Å². The Morgan fingerprint density at radius 2 is 1.97 bits per heavy atom. The number of Topliss-reactive ketones (excluding diaryl/α,β-unsaturated/α-hetero) is 1. The van der Waals surface area contributed by atoms with Gasteiger partial charge in [0.2, 0.25) is 0 Å². The normalized spacial score (nSPS) is 23.4. The second-order valence-corrected chi connectivity index (χ2v) is 10.5. The molecule has 6 aliphatic rings. The number of allylic oxidation sites excluding steroid dienone is 3. The van der Waals surface area contributed by atoms with Crippen LogP contribution in [0.3, 0.4) is 0 Å². The van der Waals surface area contributed by atoms with Crippen LogP contribution in [0.5, 0.6) is 0 Å². The number of nitrogens with two attached hydrogens (primary N) is 1. The number of hydrogen-bond donors (Lipinski definition) is 1. The van der Waals surface area contributed by atoms with Gasteiger partial charge in [-0.2, -0.15) is 5.26 Å². The molecule has 0 spiro atoms. The molecule has 0 radical (unpaired) electrons. The summed E-state index contributed by atoms with van der Waals surface area (Å²) in [6.45, 7) is 2.09. The number of aliphatic imine (C=N–C) groups is 1. The van der Waals surface area contributed by atoms with E-state index in [1.54, 1.807) is 29.5 Å². The van der Waals surface area contributed by atoms with Gasteiger partial charge in [0.1, 0.15) is 16.7 Å². The number of fused-ring (bicyclic) bond motifs is 6. The van der Waals surface area contributed by atoms with Gasteiger partial charge in [-0.05, 0) is 37.7 Å². The molecule has 1 aromatic carbocycles. The van der Waals surface area contributed by atoms with Crippen LogP contribution in [0.4, 0.5) is 14.4 Å². The molecule has 8 heteroatoms. The monoisotopic (exact) mass is 471 g/mol. The maximum atomic E-state index is 15.0. The Bertz CT molecular complexity index is 1420. The molecule has 1 saturated heterocycles. The number of rotatable bonds is 1. The van der Waals surface area contributed by atoms with E-state index in [9.17, 15) is 10.1 Å². The zero-order valence-corrected chi connectivity index (χ0v) is 19.3. The van der Waals surface area contributed by atoms with Crippen LogP contribution >= 0.6 is 11.3 Å². The van der Waals surface area contributed by atoms with Crippen LogP contribution in [0.2, 0.25) is 0 Å². The Morgan fingerprint density at radius 1 is 1.18 bits per heavy atom. The lowest BCUT2D eigenvalue weighted by Crippen LogP contribution is -2.40. The minimum Gasteiger partial charge on any atom is -0.383 e. The van der Waals surface area contributed by atoms with Crippen molar-refractivity contribution < 1.29 is 9.18 Å². The zero-order valence-electron chi connectivity index (χ0n) is 18.5. The number of hydrogen-bond acceptors (Lipinski definition) is 7. The molecule has 2 bridgehead atoms. The number of benzene rings is 1. The lowest BCUT2D eigenvalue weighted by atomic mass is 9.75. The first-order chi connectivity index (χ1) is 16.6. The summed E-state index contributed by atoms with van der Waals surface area (Å²) in [5.41, 5.74) is 10.8. The van der Waals surface area contributed by atoms with Crippen molar-refractivity contribution in [1.82, 2.24) is 0 Å². The van der Waals surface area contributed by atoms with Crippen molar-refractivity contribution in [3.05, 3.63) is 69.4 Å². The van der Waals surface area contributed by atoms with Crippen LogP contribution in [0.15, 0.2) is 51.9 Å². The van der Waals surface area contributed by atoms with Crippen molar-refractivity contribution in [2.75, 3.05) is 22.9 Å². The lowest BCUT2D eigenvalue weighted by Gasteiger charge is -2.41. The number of anilines is 2. The Kier molecular flexibility index (Phi) is 4.13. The molecule has 34 heavy (non-hydrogen) atoms. The average Bonchev–Trinajstić information content (AvgIpc) is 3.28. The van der Waals surface area contributed by atoms with Crippen LogP contribution < -0.4 is 15.5 Å². The van der Waals surface area contributed by atoms with Crippen molar-refractivity contribution in [1.29, 1.82) is 5.26 Å². The quantitative estimate of drug-likeness (QED) is 0.654. The van der Waals surface area contributed by atoms with Gasteiger partial charge >= 0.3 is 0 Å². The molecule has 1 atom stereocenters. The number of nitrogens with zero attached hydrogens (tertiary/aromatic N) is 4. The van der Waals surface area contributed by atoms with E-state index < -0.39 is 11.7 Å². The molecular formula is C26H22FN5OS. The molecule has 2 aromatic rings. The van der Waals surface area contributed by atoms with Gasteiger partial charge in [-0.3, -0.25) is 9.69 Å². The highest BCUT2D eigenvalue weighted by molar-refractivity contribution is 7.21. The van der Waals surface area contributed by atoms with Crippen molar-refractivity contribution in [3.8, 4) is 6.07 Å². The van der Waals surface area contributed by atoms with E-state index in [2.05, 4.69) is 11.0 Å². The van der Waals surface area contributed by atoms with Crippen molar-refractivity contribution in [3.63, 3.8) is 0 Å². The summed E-state index contributed by atoms with van der Waals surface area (Å²) in [6.07, 6.45) is 4.02. The van der Waals surface area contributed by atoms with E-state index in [1.165, 1.54) is 16.6 Å². The fourth-order valence-electron chi connectivity index (χ4n) is 6.37. The largest absolute Gasteiger partial charge is 0.383 e. The number of piperidine rings is 1. The second-order valence-electron chi connectivity index (χ2n) is 9.54. The lowest BCUT2D eigenvalue weighted by molar-refractivity contribution is -0.116. The molecule has 6 nitrogen and oxygen atoms in total. The number of amidine groups is 1. The highest BCUT2D eigenvalue weighted by Gasteiger charge is 2.47. The topological polar surface area (TPSA) is 85.7 Å². The maximum absolute atomic E-state index is 15.0. The van der Waals surface area contributed by atoms with E-state index in [0.29, 0.717) is 41.6 Å². The summed E-state index contributed by atoms with van der Waals surface area (Å²) in [4.78, 5) is 22.6. The SMILES string of the molecule is N#CC1=C2N=C(N)c3c(sc4c3C3CCN4CC3)N2C2=C(C(=O)CCC2)[C@H]1c1ccccc1F. The summed E-state index contributed by atoms with van der Waals surface area (Å²) in [7, 11) is 0. The smallest absolute Gasteiger partial charge is 0.161 e. The van der Waals surface area contributed by atoms with E-state index in [-0.39, 0.29) is 11.4 Å². The summed E-state index contributed by atoms with van der Waals surface area (Å²) < 4.78 is 15.0. The van der Waals surface area contributed by atoms with Crippen LogP contribution in [-0.4, -0.2) is 24.7 Å². The summed E-state index contributed by atoms with van der Waals surface area (Å²) in [5, 5.41) is 12.5. The third-order valence-corrected chi connectivity index (χ3v) is 9.10. The van der Waals surface area contributed by atoms with Gasteiger partial charge in [-0.25, -0.2) is 9.38 Å². The van der Waals surface area contributed by atoms with Crippen LogP contribution in [-0.2, 0) is 4.79 Å². The number of nitriles is 1. The van der Waals surface area contributed by atoms with Crippen LogP contribution in [0.25, 0.3) is 0 Å². The third kappa shape index (κ3) is 2.48. The zero-order chi connectivity index (χ0) is 23.1. The number of carbonyl (C=O) groups excluding carboxylic acids is 1. The van der Waals surface area contributed by atoms with Gasteiger partial charge in [-0.15, -0.1) is 0 Å². The molecular weight excluding hydrogens is 449 g/mol. The van der Waals surface area contributed by atoms with Crippen molar-refractivity contribution in [2.45, 2.75) is 43.9 Å². The third-order valence-electron chi connectivity index (χ3n) is 7.85. The molecule has 170 valence electrons. The minimum atomic E-state index is -0.770. The van der Waals surface area contributed by atoms with Crippen molar-refractivity contribution in [2.24, 2.45) is 10.7 Å². The van der Waals surface area contributed by atoms with Gasteiger partial charge in [0, 0.05) is 41.9 Å². The van der Waals surface area contributed by atoms with Gasteiger partial charge in [0.15, 0.2) is 11.6 Å². The molecule has 0 unspecified atom stereocenters. The fourth-order valence-corrected chi connectivity index (χ4v) is 7.85. The molecule has 0 saturated carbocycles.